The number of hydrogen-bond acceptors (Lipinski definition) is 5. The van der Waals surface area contributed by atoms with Gasteiger partial charge < -0.3 is 14.9 Å². The van der Waals surface area contributed by atoms with Crippen molar-refractivity contribution in [3.8, 4) is 0 Å². The van der Waals surface area contributed by atoms with Crippen LogP contribution in [0.15, 0.2) is 12.4 Å². The first-order chi connectivity index (χ1) is 11.8. The molecule has 1 N–H and O–H groups in total. The van der Waals surface area contributed by atoms with Crippen LogP contribution >= 0.6 is 0 Å². The summed E-state index contributed by atoms with van der Waals surface area (Å²) in [6, 6.07) is -0.633. The molecule has 2 amide bonds. The summed E-state index contributed by atoms with van der Waals surface area (Å²) in [6.45, 7) is 1.78. The largest absolute Gasteiger partial charge is 0.465 e. The molecule has 0 radical (unpaired) electrons. The van der Waals surface area contributed by atoms with Gasteiger partial charge in [0.25, 0.3) is 0 Å². The number of nitrogens with zero attached hydrogens (tertiary/aromatic N) is 5. The van der Waals surface area contributed by atoms with Crippen molar-refractivity contribution in [1.82, 2.24) is 19.8 Å². The average Bonchev–Trinajstić information content (AvgIpc) is 2.52. The molecule has 1 aromatic heterocycles. The number of anilines is 1. The van der Waals surface area contributed by atoms with Gasteiger partial charge in [-0.15, -0.1) is 0 Å². The summed E-state index contributed by atoms with van der Waals surface area (Å²) in [5.74, 6) is -0.0578. The zero-order valence-electron chi connectivity index (χ0n) is 13.1. The Balaban J connectivity index is 1.57. The van der Waals surface area contributed by atoms with E-state index >= 15 is 0 Å². The van der Waals surface area contributed by atoms with E-state index in [1.807, 2.05) is 0 Å². The highest BCUT2D eigenvalue weighted by atomic mass is 19.4. The zero-order valence-corrected chi connectivity index (χ0v) is 13.1. The Hall–Kier alpha value is -2.59. The van der Waals surface area contributed by atoms with Crippen molar-refractivity contribution in [2.24, 2.45) is 0 Å². The summed E-state index contributed by atoms with van der Waals surface area (Å²) < 4.78 is 37.6. The molecule has 2 aliphatic heterocycles. The van der Waals surface area contributed by atoms with Gasteiger partial charge in [-0.1, -0.05) is 0 Å². The minimum atomic E-state index is -4.48. The molecule has 0 saturated carbocycles. The van der Waals surface area contributed by atoms with E-state index in [0.29, 0.717) is 39.1 Å². The maximum atomic E-state index is 12.5. The van der Waals surface area contributed by atoms with E-state index in [-0.39, 0.29) is 11.9 Å². The predicted molar refractivity (Wildman–Crippen MR) is 79.0 cm³/mol. The fourth-order valence-electron chi connectivity index (χ4n) is 2.84. The fraction of sp³-hybridized carbons (Fsp3) is 0.571. The molecular formula is C14H16F3N5O3. The van der Waals surface area contributed by atoms with Crippen LogP contribution in [0.4, 0.5) is 23.9 Å². The zero-order chi connectivity index (χ0) is 18.2. The minimum absolute atomic E-state index is 0.177. The second-order valence-electron chi connectivity index (χ2n) is 5.86. The summed E-state index contributed by atoms with van der Waals surface area (Å²) in [5, 5.41) is 8.97. The van der Waals surface area contributed by atoms with Gasteiger partial charge in [0.2, 0.25) is 11.9 Å². The van der Waals surface area contributed by atoms with E-state index < -0.39 is 23.9 Å². The number of amides is 2. The Labute approximate surface area is 140 Å². The summed E-state index contributed by atoms with van der Waals surface area (Å²) in [5.41, 5.74) is -0.913. The van der Waals surface area contributed by atoms with Crippen molar-refractivity contribution >= 4 is 17.9 Å². The number of rotatable bonds is 2. The second-order valence-corrected chi connectivity index (χ2v) is 5.86. The number of aromatic nitrogens is 2. The molecule has 1 atom stereocenters. The van der Waals surface area contributed by atoms with Crippen LogP contribution in [0, 0.1) is 0 Å². The van der Waals surface area contributed by atoms with Crippen molar-refractivity contribution in [3.05, 3.63) is 18.0 Å². The van der Waals surface area contributed by atoms with Crippen molar-refractivity contribution in [1.29, 1.82) is 0 Å². The Morgan fingerprint density at radius 2 is 1.68 bits per heavy atom. The lowest BCUT2D eigenvalue weighted by Crippen LogP contribution is -2.61. The highest BCUT2D eigenvalue weighted by Gasteiger charge is 2.40. The monoisotopic (exact) mass is 359 g/mol. The van der Waals surface area contributed by atoms with Crippen molar-refractivity contribution in [3.63, 3.8) is 0 Å². The molecule has 8 nitrogen and oxygen atoms in total. The number of carboxylic acid groups (broad SMARTS) is 1. The van der Waals surface area contributed by atoms with Gasteiger partial charge in [0.15, 0.2) is 0 Å². The van der Waals surface area contributed by atoms with Gasteiger partial charge in [0.05, 0.1) is 5.56 Å². The first-order valence-corrected chi connectivity index (χ1v) is 7.70. The molecule has 2 saturated heterocycles. The Morgan fingerprint density at radius 1 is 1.08 bits per heavy atom. The van der Waals surface area contributed by atoms with Crippen molar-refractivity contribution in [2.45, 2.75) is 18.6 Å². The number of carbonyl (C=O) groups excluding carboxylic acids is 1. The highest BCUT2D eigenvalue weighted by molar-refractivity contribution is 5.87. The molecule has 25 heavy (non-hydrogen) atoms. The molecule has 2 fully saturated rings. The molecule has 11 heteroatoms. The van der Waals surface area contributed by atoms with Crippen LogP contribution in [0.2, 0.25) is 0 Å². The topological polar surface area (TPSA) is 89.9 Å². The molecule has 0 bridgehead atoms. The number of alkyl halides is 3. The first kappa shape index (κ1) is 17.2. The standard InChI is InChI=1S/C14H16F3N5O3/c15-14(16,17)9-7-18-12(19-8-9)21-5-3-20(4-6-21)11(23)10-1-2-22(10)13(24)25/h7-8,10H,1-6H2,(H,24,25). The van der Waals surface area contributed by atoms with E-state index in [1.54, 1.807) is 9.80 Å². The van der Waals surface area contributed by atoms with Gasteiger partial charge in [-0.2, -0.15) is 13.2 Å². The lowest BCUT2D eigenvalue weighted by atomic mass is 10.0. The molecule has 0 aliphatic carbocycles. The van der Waals surface area contributed by atoms with Crippen molar-refractivity contribution < 1.29 is 27.9 Å². The summed E-state index contributed by atoms with van der Waals surface area (Å²) in [4.78, 5) is 35.2. The first-order valence-electron chi connectivity index (χ1n) is 7.70. The lowest BCUT2D eigenvalue weighted by molar-refractivity contribution is -0.140. The molecule has 1 unspecified atom stereocenters. The third-order valence-corrected chi connectivity index (χ3v) is 4.39. The molecule has 1 aromatic rings. The quantitative estimate of drug-likeness (QED) is 0.844. The summed E-state index contributed by atoms with van der Waals surface area (Å²) in [7, 11) is 0. The molecule has 2 aliphatic rings. The number of piperazine rings is 1. The lowest BCUT2D eigenvalue weighted by Gasteiger charge is -2.42. The van der Waals surface area contributed by atoms with Gasteiger partial charge in [-0.25, -0.2) is 14.8 Å². The molecule has 0 aromatic carbocycles. The number of halogens is 3. The van der Waals surface area contributed by atoms with E-state index in [0.717, 1.165) is 17.3 Å². The van der Waals surface area contributed by atoms with Crippen LogP contribution in [-0.4, -0.2) is 75.6 Å². The van der Waals surface area contributed by atoms with Crippen LogP contribution in [0.25, 0.3) is 0 Å². The third-order valence-electron chi connectivity index (χ3n) is 4.39. The molecule has 136 valence electrons. The highest BCUT2D eigenvalue weighted by Crippen LogP contribution is 2.28. The van der Waals surface area contributed by atoms with E-state index in [2.05, 4.69) is 9.97 Å². The van der Waals surface area contributed by atoms with Gasteiger partial charge in [-0.05, 0) is 6.42 Å². The van der Waals surface area contributed by atoms with Crippen LogP contribution < -0.4 is 4.90 Å². The van der Waals surface area contributed by atoms with Gasteiger partial charge >= 0.3 is 12.3 Å². The van der Waals surface area contributed by atoms with Crippen LogP contribution in [0.5, 0.6) is 0 Å². The van der Waals surface area contributed by atoms with Gasteiger partial charge in [0.1, 0.15) is 6.04 Å². The third kappa shape index (κ3) is 3.44. The normalized spacial score (nSPS) is 21.1. The average molecular weight is 359 g/mol. The van der Waals surface area contributed by atoms with Crippen LogP contribution in [-0.2, 0) is 11.0 Å². The SMILES string of the molecule is O=C(C1CCN1C(=O)O)N1CCN(c2ncc(C(F)(F)F)cn2)CC1. The smallest absolute Gasteiger partial charge is 0.419 e. The molecule has 3 rings (SSSR count). The van der Waals surface area contributed by atoms with Crippen LogP contribution in [0.3, 0.4) is 0 Å². The number of likely N-dealkylation sites (tertiary alicyclic amines) is 1. The predicted octanol–water partition coefficient (Wildman–Crippen LogP) is 0.896. The van der Waals surface area contributed by atoms with E-state index in [9.17, 15) is 22.8 Å². The van der Waals surface area contributed by atoms with Crippen molar-refractivity contribution in [2.75, 3.05) is 37.6 Å². The number of carbonyl (C=O) groups is 2. The maximum absolute atomic E-state index is 12.5. The number of hydrogen-bond donors (Lipinski definition) is 1. The Kier molecular flexibility index (Phi) is 4.39. The fourth-order valence-corrected chi connectivity index (χ4v) is 2.84. The Morgan fingerprint density at radius 3 is 2.12 bits per heavy atom. The molecular weight excluding hydrogens is 343 g/mol. The van der Waals surface area contributed by atoms with E-state index in [1.165, 1.54) is 0 Å². The van der Waals surface area contributed by atoms with E-state index in [4.69, 9.17) is 5.11 Å². The minimum Gasteiger partial charge on any atom is -0.465 e. The van der Waals surface area contributed by atoms with Gasteiger partial charge in [-0.3, -0.25) is 9.69 Å². The van der Waals surface area contributed by atoms with Crippen LogP contribution in [0.1, 0.15) is 12.0 Å². The summed E-state index contributed by atoms with van der Waals surface area (Å²) >= 11 is 0. The molecule has 3 heterocycles. The molecule has 0 spiro atoms. The second kappa shape index (κ2) is 6.37. The Bertz CT molecular complexity index is 659. The maximum Gasteiger partial charge on any atom is 0.419 e. The summed E-state index contributed by atoms with van der Waals surface area (Å²) in [6.07, 6.45) is -3.62. The van der Waals surface area contributed by atoms with Gasteiger partial charge in [0, 0.05) is 45.1 Å².